The maximum Gasteiger partial charge on any atom is 0.252 e. The molecule has 0 aliphatic rings. The lowest BCUT2D eigenvalue weighted by molar-refractivity contribution is 0.100. The minimum Gasteiger partial charge on any atom is -0.366 e. The third-order valence-corrected chi connectivity index (χ3v) is 7.15. The van der Waals surface area contributed by atoms with Crippen molar-refractivity contribution in [3.05, 3.63) is 64.8 Å². The number of rotatable bonds is 6. The highest BCUT2D eigenvalue weighted by Gasteiger charge is 2.24. The van der Waals surface area contributed by atoms with E-state index in [1.807, 2.05) is 31.2 Å². The van der Waals surface area contributed by atoms with Crippen LogP contribution in [0.3, 0.4) is 0 Å². The Kier molecular flexibility index (Phi) is 4.94. The van der Waals surface area contributed by atoms with E-state index in [-0.39, 0.29) is 16.3 Å². The molecule has 0 aliphatic carbocycles. The average molecular weight is 390 g/mol. The molecule has 7 nitrogen and oxygen atoms in total. The van der Waals surface area contributed by atoms with Crippen LogP contribution in [-0.4, -0.2) is 35.5 Å². The first-order chi connectivity index (χ1) is 12.3. The highest BCUT2D eigenvalue weighted by atomic mass is 32.2. The molecule has 2 aromatic heterocycles. The quantitative estimate of drug-likeness (QED) is 0.697. The van der Waals surface area contributed by atoms with Gasteiger partial charge in [-0.25, -0.2) is 13.1 Å². The van der Waals surface area contributed by atoms with Gasteiger partial charge in [0.1, 0.15) is 4.21 Å². The summed E-state index contributed by atoms with van der Waals surface area (Å²) in [7, 11) is -2.22. The second-order valence-corrected chi connectivity index (χ2v) is 9.04. The van der Waals surface area contributed by atoms with E-state index in [9.17, 15) is 13.2 Å². The molecule has 1 amide bonds. The predicted octanol–water partition coefficient (Wildman–Crippen LogP) is 2.16. The Bertz CT molecular complexity index is 1050. The molecule has 9 heteroatoms. The number of thiophene rings is 1. The number of amides is 1. The summed E-state index contributed by atoms with van der Waals surface area (Å²) in [5.74, 6) is -0.648. The van der Waals surface area contributed by atoms with E-state index in [0.717, 1.165) is 28.2 Å². The largest absolute Gasteiger partial charge is 0.366 e. The van der Waals surface area contributed by atoms with Gasteiger partial charge in [0, 0.05) is 30.7 Å². The fraction of sp³-hybridized carbons (Fsp3) is 0.176. The van der Waals surface area contributed by atoms with Gasteiger partial charge in [-0.05, 0) is 24.6 Å². The zero-order valence-electron chi connectivity index (χ0n) is 14.3. The molecule has 26 heavy (non-hydrogen) atoms. The molecule has 0 spiro atoms. The van der Waals surface area contributed by atoms with Crippen molar-refractivity contribution in [1.82, 2.24) is 14.1 Å². The van der Waals surface area contributed by atoms with Gasteiger partial charge in [0.2, 0.25) is 5.91 Å². The molecule has 0 saturated heterocycles. The second-order valence-electron chi connectivity index (χ2n) is 5.86. The Morgan fingerprint density at radius 3 is 2.73 bits per heavy atom. The van der Waals surface area contributed by atoms with Crippen molar-refractivity contribution < 1.29 is 13.2 Å². The zero-order valence-corrected chi connectivity index (χ0v) is 15.9. The number of hydrogen-bond donors (Lipinski definition) is 1. The molecule has 0 bridgehead atoms. The van der Waals surface area contributed by atoms with Crippen LogP contribution in [0.5, 0.6) is 0 Å². The topological polar surface area (TPSA) is 98.3 Å². The van der Waals surface area contributed by atoms with Crippen LogP contribution in [0.1, 0.15) is 21.5 Å². The number of hydrogen-bond acceptors (Lipinski definition) is 5. The highest BCUT2D eigenvalue weighted by molar-refractivity contribution is 7.91. The van der Waals surface area contributed by atoms with E-state index in [2.05, 4.69) is 5.10 Å². The number of para-hydroxylation sites is 1. The fourth-order valence-corrected chi connectivity index (χ4v) is 5.01. The van der Waals surface area contributed by atoms with E-state index in [4.69, 9.17) is 5.73 Å². The normalized spacial score (nSPS) is 11.8. The van der Waals surface area contributed by atoms with Crippen LogP contribution in [0.25, 0.3) is 5.69 Å². The van der Waals surface area contributed by atoms with Gasteiger partial charge < -0.3 is 5.73 Å². The summed E-state index contributed by atoms with van der Waals surface area (Å²) in [5, 5.41) is 5.76. The van der Waals surface area contributed by atoms with Gasteiger partial charge in [-0.1, -0.05) is 18.2 Å². The molecule has 136 valence electrons. The first kappa shape index (κ1) is 18.3. The lowest BCUT2D eigenvalue weighted by atomic mass is 10.2. The van der Waals surface area contributed by atoms with Crippen LogP contribution in [0.2, 0.25) is 0 Å². The third kappa shape index (κ3) is 3.55. The van der Waals surface area contributed by atoms with Crippen LogP contribution >= 0.6 is 11.3 Å². The van der Waals surface area contributed by atoms with Gasteiger partial charge in [0.25, 0.3) is 10.0 Å². The van der Waals surface area contributed by atoms with E-state index in [1.54, 1.807) is 17.1 Å². The number of primary amides is 1. The summed E-state index contributed by atoms with van der Waals surface area (Å²) in [6, 6.07) is 9.11. The minimum atomic E-state index is -3.71. The standard InChI is InChI=1S/C17H18N4O3S2/c1-12-5-3-4-6-15(12)21-10-13(8-19-21)9-20(2)26(23,24)16-7-14(11-25-16)17(18)22/h3-8,10-11H,9H2,1-2H3,(H2,18,22). The van der Waals surface area contributed by atoms with Gasteiger partial charge in [-0.2, -0.15) is 9.40 Å². The number of aryl methyl sites for hydroxylation is 1. The van der Waals surface area contributed by atoms with Crippen molar-refractivity contribution in [3.8, 4) is 5.69 Å². The first-order valence-corrected chi connectivity index (χ1v) is 10.1. The van der Waals surface area contributed by atoms with Gasteiger partial charge in [-0.15, -0.1) is 11.3 Å². The number of benzene rings is 1. The van der Waals surface area contributed by atoms with Gasteiger partial charge in [-0.3, -0.25) is 4.79 Å². The molecule has 3 rings (SSSR count). The summed E-state index contributed by atoms with van der Waals surface area (Å²) >= 11 is 0.976. The van der Waals surface area contributed by atoms with Gasteiger partial charge in [0.05, 0.1) is 17.4 Å². The van der Waals surface area contributed by atoms with E-state index in [0.29, 0.717) is 0 Å². The Labute approximate surface area is 155 Å². The van der Waals surface area contributed by atoms with Crippen LogP contribution in [-0.2, 0) is 16.6 Å². The molecular formula is C17H18N4O3S2. The highest BCUT2D eigenvalue weighted by Crippen LogP contribution is 2.24. The fourth-order valence-electron chi connectivity index (χ4n) is 2.47. The van der Waals surface area contributed by atoms with Crippen molar-refractivity contribution in [3.63, 3.8) is 0 Å². The van der Waals surface area contributed by atoms with Crippen molar-refractivity contribution >= 4 is 27.3 Å². The Morgan fingerprint density at radius 1 is 1.35 bits per heavy atom. The summed E-state index contributed by atoms with van der Waals surface area (Å²) < 4.78 is 28.4. The maximum atomic E-state index is 12.7. The molecule has 1 aromatic carbocycles. The maximum absolute atomic E-state index is 12.7. The van der Waals surface area contributed by atoms with Crippen molar-refractivity contribution in [1.29, 1.82) is 0 Å². The lowest BCUT2D eigenvalue weighted by Gasteiger charge is -2.14. The molecule has 0 saturated carbocycles. The molecule has 0 unspecified atom stereocenters. The third-order valence-electron chi connectivity index (χ3n) is 3.93. The molecular weight excluding hydrogens is 372 g/mol. The Balaban J connectivity index is 1.80. The number of aromatic nitrogens is 2. The minimum absolute atomic E-state index is 0.0834. The molecule has 2 N–H and O–H groups in total. The Morgan fingerprint density at radius 2 is 2.08 bits per heavy atom. The molecule has 0 radical (unpaired) electrons. The Hall–Kier alpha value is -2.49. The monoisotopic (exact) mass is 390 g/mol. The molecule has 2 heterocycles. The number of carbonyl (C=O) groups is 1. The number of carbonyl (C=O) groups excluding carboxylic acids is 1. The number of nitrogens with two attached hydrogens (primary N) is 1. The molecule has 3 aromatic rings. The van der Waals surface area contributed by atoms with Crippen molar-refractivity contribution in [2.75, 3.05) is 7.05 Å². The van der Waals surface area contributed by atoms with Crippen LogP contribution < -0.4 is 5.73 Å². The van der Waals surface area contributed by atoms with Crippen LogP contribution in [0.15, 0.2) is 52.3 Å². The first-order valence-electron chi connectivity index (χ1n) is 7.73. The average Bonchev–Trinajstić information content (AvgIpc) is 3.25. The van der Waals surface area contributed by atoms with Crippen molar-refractivity contribution in [2.24, 2.45) is 5.73 Å². The molecule has 0 fully saturated rings. The smallest absolute Gasteiger partial charge is 0.252 e. The molecule has 0 atom stereocenters. The lowest BCUT2D eigenvalue weighted by Crippen LogP contribution is -2.25. The summed E-state index contributed by atoms with van der Waals surface area (Å²) in [6.45, 7) is 2.15. The van der Waals surface area contributed by atoms with Gasteiger partial charge >= 0.3 is 0 Å². The zero-order chi connectivity index (χ0) is 18.9. The molecule has 0 aliphatic heterocycles. The van der Waals surface area contributed by atoms with E-state index < -0.39 is 15.9 Å². The summed E-state index contributed by atoms with van der Waals surface area (Å²) in [4.78, 5) is 11.2. The predicted molar refractivity (Wildman–Crippen MR) is 99.8 cm³/mol. The van der Waals surface area contributed by atoms with E-state index in [1.165, 1.54) is 22.8 Å². The summed E-state index contributed by atoms with van der Waals surface area (Å²) in [5.41, 5.74) is 8.14. The van der Waals surface area contributed by atoms with Gasteiger partial charge in [0.15, 0.2) is 0 Å². The van der Waals surface area contributed by atoms with Crippen LogP contribution in [0.4, 0.5) is 0 Å². The summed E-state index contributed by atoms with van der Waals surface area (Å²) in [6.07, 6.45) is 3.44. The van der Waals surface area contributed by atoms with Crippen molar-refractivity contribution in [2.45, 2.75) is 17.7 Å². The SMILES string of the molecule is Cc1ccccc1-n1cc(CN(C)S(=O)(=O)c2cc(C(N)=O)cs2)cn1. The van der Waals surface area contributed by atoms with E-state index >= 15 is 0 Å². The number of nitrogens with zero attached hydrogens (tertiary/aromatic N) is 3. The number of sulfonamides is 1. The van der Waals surface area contributed by atoms with Crippen LogP contribution in [0, 0.1) is 6.92 Å². The second kappa shape index (κ2) is 7.02.